The van der Waals surface area contributed by atoms with Crippen LogP contribution in [0.1, 0.15) is 31.4 Å². The molecule has 0 aromatic carbocycles. The summed E-state index contributed by atoms with van der Waals surface area (Å²) in [4.78, 5) is 2.43. The van der Waals surface area contributed by atoms with E-state index in [9.17, 15) is 0 Å². The Labute approximate surface area is 84.9 Å². The van der Waals surface area contributed by atoms with Gasteiger partial charge in [0.2, 0.25) is 0 Å². The molecule has 1 aliphatic rings. The minimum Gasteiger partial charge on any atom is -0.472 e. The lowest BCUT2D eigenvalue weighted by Gasteiger charge is -2.34. The van der Waals surface area contributed by atoms with Gasteiger partial charge in [-0.3, -0.25) is 4.90 Å². The summed E-state index contributed by atoms with van der Waals surface area (Å²) >= 11 is 0. The number of hydrogen-bond donors (Lipinski definition) is 1. The van der Waals surface area contributed by atoms with Crippen LogP contribution in [0.5, 0.6) is 0 Å². The Kier molecular flexibility index (Phi) is 2.89. The van der Waals surface area contributed by atoms with Gasteiger partial charge in [0.1, 0.15) is 0 Å². The summed E-state index contributed by atoms with van der Waals surface area (Å²) in [6.07, 6.45) is 5.93. The third-order valence-corrected chi connectivity index (χ3v) is 3.06. The van der Waals surface area contributed by atoms with E-state index in [4.69, 9.17) is 10.2 Å². The van der Waals surface area contributed by atoms with Crippen molar-refractivity contribution in [2.24, 2.45) is 5.73 Å². The van der Waals surface area contributed by atoms with E-state index in [0.29, 0.717) is 12.1 Å². The Morgan fingerprint density at radius 1 is 1.64 bits per heavy atom. The molecule has 0 spiro atoms. The fraction of sp³-hybridized carbons (Fsp3) is 0.636. The second-order valence-corrected chi connectivity index (χ2v) is 4.13. The van der Waals surface area contributed by atoms with Crippen molar-refractivity contribution in [2.45, 2.75) is 31.8 Å². The van der Waals surface area contributed by atoms with Gasteiger partial charge in [-0.15, -0.1) is 0 Å². The van der Waals surface area contributed by atoms with Crippen molar-refractivity contribution in [3.63, 3.8) is 0 Å². The van der Waals surface area contributed by atoms with Gasteiger partial charge in [-0.05, 0) is 32.4 Å². The van der Waals surface area contributed by atoms with Crippen LogP contribution in [-0.2, 0) is 0 Å². The summed E-state index contributed by atoms with van der Waals surface area (Å²) in [5.74, 6) is 0. The fourth-order valence-electron chi connectivity index (χ4n) is 2.12. The zero-order chi connectivity index (χ0) is 9.97. The second kappa shape index (κ2) is 4.15. The molecule has 0 radical (unpaired) electrons. The van der Waals surface area contributed by atoms with Crippen LogP contribution in [0, 0.1) is 0 Å². The number of furan rings is 1. The first-order chi connectivity index (χ1) is 6.77. The van der Waals surface area contributed by atoms with Gasteiger partial charge in [0.15, 0.2) is 0 Å². The second-order valence-electron chi connectivity index (χ2n) is 4.13. The summed E-state index contributed by atoms with van der Waals surface area (Å²) in [6, 6.07) is 2.81. The molecule has 3 heteroatoms. The molecule has 78 valence electrons. The lowest BCUT2D eigenvalue weighted by Crippen LogP contribution is -2.43. The SMILES string of the molecule is CC(c1ccoc1)N1CCCC(N)C1. The zero-order valence-electron chi connectivity index (χ0n) is 8.65. The molecular formula is C11H18N2O. The standard InChI is InChI=1S/C11H18N2O/c1-9(10-4-6-14-8-10)13-5-2-3-11(12)7-13/h4,6,8-9,11H,2-3,5,7,12H2,1H3. The van der Waals surface area contributed by atoms with Gasteiger partial charge in [-0.1, -0.05) is 0 Å². The molecule has 14 heavy (non-hydrogen) atoms. The molecular weight excluding hydrogens is 176 g/mol. The smallest absolute Gasteiger partial charge is 0.0950 e. The van der Waals surface area contributed by atoms with Crippen molar-refractivity contribution in [1.82, 2.24) is 4.90 Å². The molecule has 1 aromatic rings. The summed E-state index contributed by atoms with van der Waals surface area (Å²) in [5, 5.41) is 0. The highest BCUT2D eigenvalue weighted by Gasteiger charge is 2.22. The summed E-state index contributed by atoms with van der Waals surface area (Å²) in [5.41, 5.74) is 7.20. The monoisotopic (exact) mass is 194 g/mol. The van der Waals surface area contributed by atoms with Crippen LogP contribution < -0.4 is 5.73 Å². The van der Waals surface area contributed by atoms with E-state index >= 15 is 0 Å². The molecule has 0 bridgehead atoms. The van der Waals surface area contributed by atoms with Crippen LogP contribution in [0.25, 0.3) is 0 Å². The van der Waals surface area contributed by atoms with Crippen LogP contribution in [0.4, 0.5) is 0 Å². The molecule has 2 rings (SSSR count). The largest absolute Gasteiger partial charge is 0.472 e. The Balaban J connectivity index is 2.00. The van der Waals surface area contributed by atoms with E-state index in [-0.39, 0.29) is 0 Å². The fourth-order valence-corrected chi connectivity index (χ4v) is 2.12. The van der Waals surface area contributed by atoms with Crippen LogP contribution in [-0.4, -0.2) is 24.0 Å². The first-order valence-corrected chi connectivity index (χ1v) is 5.29. The molecule has 0 saturated carbocycles. The predicted octanol–water partition coefficient (Wildman–Crippen LogP) is 1.76. The molecule has 2 heterocycles. The van der Waals surface area contributed by atoms with E-state index in [1.807, 2.05) is 12.3 Å². The first-order valence-electron chi connectivity index (χ1n) is 5.29. The third-order valence-electron chi connectivity index (χ3n) is 3.06. The number of likely N-dealkylation sites (tertiary alicyclic amines) is 1. The van der Waals surface area contributed by atoms with Crippen molar-refractivity contribution in [3.8, 4) is 0 Å². The molecule has 3 nitrogen and oxygen atoms in total. The predicted molar refractivity (Wildman–Crippen MR) is 55.9 cm³/mol. The average Bonchev–Trinajstić information content (AvgIpc) is 2.69. The highest BCUT2D eigenvalue weighted by Crippen LogP contribution is 2.23. The number of nitrogens with two attached hydrogens (primary N) is 1. The van der Waals surface area contributed by atoms with Gasteiger partial charge in [-0.25, -0.2) is 0 Å². The topological polar surface area (TPSA) is 42.4 Å². The number of nitrogens with zero attached hydrogens (tertiary/aromatic N) is 1. The summed E-state index contributed by atoms with van der Waals surface area (Å²) in [7, 11) is 0. The summed E-state index contributed by atoms with van der Waals surface area (Å²) < 4.78 is 5.10. The van der Waals surface area contributed by atoms with Gasteiger partial charge in [0.25, 0.3) is 0 Å². The summed E-state index contributed by atoms with van der Waals surface area (Å²) in [6.45, 7) is 4.37. The van der Waals surface area contributed by atoms with E-state index in [2.05, 4.69) is 11.8 Å². The van der Waals surface area contributed by atoms with Gasteiger partial charge < -0.3 is 10.2 Å². The van der Waals surface area contributed by atoms with Crippen molar-refractivity contribution in [2.75, 3.05) is 13.1 Å². The van der Waals surface area contributed by atoms with Gasteiger partial charge in [-0.2, -0.15) is 0 Å². The molecule has 1 aliphatic heterocycles. The maximum absolute atomic E-state index is 5.95. The zero-order valence-corrected chi connectivity index (χ0v) is 8.65. The number of piperidine rings is 1. The first kappa shape index (κ1) is 9.74. The molecule has 0 aliphatic carbocycles. The molecule has 1 fully saturated rings. The van der Waals surface area contributed by atoms with E-state index in [1.54, 1.807) is 6.26 Å². The Bertz CT molecular complexity index is 271. The van der Waals surface area contributed by atoms with Crippen LogP contribution in [0.3, 0.4) is 0 Å². The molecule has 2 atom stereocenters. The highest BCUT2D eigenvalue weighted by molar-refractivity contribution is 5.11. The number of hydrogen-bond acceptors (Lipinski definition) is 3. The maximum Gasteiger partial charge on any atom is 0.0950 e. The Morgan fingerprint density at radius 2 is 2.50 bits per heavy atom. The van der Waals surface area contributed by atoms with E-state index in [0.717, 1.165) is 19.5 Å². The molecule has 1 saturated heterocycles. The molecule has 2 N–H and O–H groups in total. The number of rotatable bonds is 2. The molecule has 2 unspecified atom stereocenters. The maximum atomic E-state index is 5.95. The van der Waals surface area contributed by atoms with E-state index < -0.39 is 0 Å². The molecule has 1 aromatic heterocycles. The highest BCUT2D eigenvalue weighted by atomic mass is 16.3. The molecule has 0 amide bonds. The van der Waals surface area contributed by atoms with Gasteiger partial charge in [0.05, 0.1) is 12.5 Å². The normalized spacial score (nSPS) is 26.3. The van der Waals surface area contributed by atoms with Crippen LogP contribution >= 0.6 is 0 Å². The Hall–Kier alpha value is -0.800. The lowest BCUT2D eigenvalue weighted by atomic mass is 10.0. The minimum atomic E-state index is 0.345. The van der Waals surface area contributed by atoms with Crippen LogP contribution in [0.2, 0.25) is 0 Å². The minimum absolute atomic E-state index is 0.345. The van der Waals surface area contributed by atoms with E-state index in [1.165, 1.54) is 12.0 Å². The average molecular weight is 194 g/mol. The van der Waals surface area contributed by atoms with Crippen molar-refractivity contribution in [3.05, 3.63) is 24.2 Å². The van der Waals surface area contributed by atoms with Crippen molar-refractivity contribution in [1.29, 1.82) is 0 Å². The van der Waals surface area contributed by atoms with Crippen LogP contribution in [0.15, 0.2) is 23.0 Å². The van der Waals surface area contributed by atoms with Gasteiger partial charge in [0, 0.05) is 24.2 Å². The van der Waals surface area contributed by atoms with Crippen molar-refractivity contribution >= 4 is 0 Å². The van der Waals surface area contributed by atoms with Crippen molar-refractivity contribution < 1.29 is 4.42 Å². The quantitative estimate of drug-likeness (QED) is 0.780. The lowest BCUT2D eigenvalue weighted by molar-refractivity contribution is 0.159. The van der Waals surface area contributed by atoms with Gasteiger partial charge >= 0.3 is 0 Å². The third kappa shape index (κ3) is 1.99. The Morgan fingerprint density at radius 3 is 3.14 bits per heavy atom.